The third-order valence-electron chi connectivity index (χ3n) is 8.90. The molecule has 0 radical (unpaired) electrons. The molecular weight excluding hydrogens is 507 g/mol. The van der Waals surface area contributed by atoms with Crippen LogP contribution in [0.3, 0.4) is 0 Å². The van der Waals surface area contributed by atoms with E-state index in [4.69, 9.17) is 9.47 Å². The maximum absolute atomic E-state index is 15.9. The van der Waals surface area contributed by atoms with E-state index >= 15 is 4.39 Å². The predicted molar refractivity (Wildman–Crippen MR) is 151 cm³/mol. The van der Waals surface area contributed by atoms with Gasteiger partial charge in [-0.15, -0.1) is 0 Å². The topological polar surface area (TPSA) is 71.9 Å². The van der Waals surface area contributed by atoms with Gasteiger partial charge in [0, 0.05) is 24.4 Å². The molecule has 2 unspecified atom stereocenters. The molecule has 3 aromatic rings. The summed E-state index contributed by atoms with van der Waals surface area (Å²) < 4.78 is 27.7. The van der Waals surface area contributed by atoms with Gasteiger partial charge >= 0.3 is 5.97 Å². The quantitative estimate of drug-likeness (QED) is 0.320. The molecule has 0 spiro atoms. The van der Waals surface area contributed by atoms with Crippen LogP contribution < -0.4 is 9.47 Å². The van der Waals surface area contributed by atoms with Crippen LogP contribution in [0.1, 0.15) is 73.3 Å². The Bertz CT molecular complexity index is 1400. The second-order valence-corrected chi connectivity index (χ2v) is 11.6. The standard InChI is InChI=1S/C33H37FN2O4/c1-20(33(37)38)32(22-6-7-22)24-8-5-21-9-10-29(40-30(21)16-24)27-15-25(19-36-13-3-4-14-36)26(18-28(27)34)23-11-12-35-31(17-23)39-2/h5,8,11-12,15-18,20,22,29,32H,3-4,6-7,9-10,13-14,19H2,1-2H3,(H,37,38)/t20-,29?,32?/m0/s1. The number of methoxy groups -OCH3 is 1. The van der Waals surface area contributed by atoms with Gasteiger partial charge in [0.2, 0.25) is 5.88 Å². The number of likely N-dealkylation sites (tertiary alicyclic amines) is 1. The predicted octanol–water partition coefficient (Wildman–Crippen LogP) is 6.77. The number of halogens is 1. The number of aliphatic carboxylic acids is 1. The van der Waals surface area contributed by atoms with Crippen molar-refractivity contribution in [3.05, 3.63) is 76.7 Å². The molecule has 2 aliphatic heterocycles. The Morgan fingerprint density at radius 2 is 1.95 bits per heavy atom. The number of carbonyl (C=O) groups is 1. The van der Waals surface area contributed by atoms with Crippen LogP contribution in [-0.4, -0.2) is 41.2 Å². The lowest BCUT2D eigenvalue weighted by atomic mass is 9.82. The number of aryl methyl sites for hydroxylation is 1. The number of ether oxygens (including phenoxy) is 2. The number of pyridine rings is 1. The zero-order chi connectivity index (χ0) is 27.8. The molecule has 1 N–H and O–H groups in total. The maximum Gasteiger partial charge on any atom is 0.306 e. The lowest BCUT2D eigenvalue weighted by molar-refractivity contribution is -0.142. The van der Waals surface area contributed by atoms with Crippen molar-refractivity contribution in [3.8, 4) is 22.8 Å². The minimum Gasteiger partial charge on any atom is -0.485 e. The van der Waals surface area contributed by atoms with Gasteiger partial charge in [0.25, 0.3) is 0 Å². The molecule has 1 saturated heterocycles. The average Bonchev–Trinajstić information content (AvgIpc) is 3.67. The molecule has 1 aromatic heterocycles. The van der Waals surface area contributed by atoms with Gasteiger partial charge in [-0.3, -0.25) is 9.69 Å². The van der Waals surface area contributed by atoms with Crippen LogP contribution in [0.25, 0.3) is 11.1 Å². The van der Waals surface area contributed by atoms with Crippen molar-refractivity contribution in [1.29, 1.82) is 0 Å². The molecule has 7 heteroatoms. The molecule has 40 heavy (non-hydrogen) atoms. The Hall–Kier alpha value is -3.45. The molecule has 3 aliphatic rings. The molecule has 6 nitrogen and oxygen atoms in total. The highest BCUT2D eigenvalue weighted by molar-refractivity contribution is 5.71. The number of carboxylic acid groups (broad SMARTS) is 1. The number of nitrogens with zero attached hydrogens (tertiary/aromatic N) is 2. The summed E-state index contributed by atoms with van der Waals surface area (Å²) in [5.41, 5.74) is 5.48. The monoisotopic (exact) mass is 544 g/mol. The molecule has 2 fully saturated rings. The Balaban J connectivity index is 1.33. The Labute approximate surface area is 235 Å². The lowest BCUT2D eigenvalue weighted by Crippen LogP contribution is -2.22. The van der Waals surface area contributed by atoms with Crippen molar-refractivity contribution < 1.29 is 23.8 Å². The number of aromatic nitrogens is 1. The Kier molecular flexibility index (Phi) is 7.49. The summed E-state index contributed by atoms with van der Waals surface area (Å²) in [6.45, 7) is 4.63. The SMILES string of the molecule is COc1cc(-c2cc(F)c(C3CCc4ccc(C(C5CC5)[C@H](C)C(=O)O)cc4O3)cc2CN2CCCC2)ccn1. The number of carboxylic acids is 1. The normalized spacial score (nSPS) is 20.4. The second kappa shape index (κ2) is 11.2. The summed E-state index contributed by atoms with van der Waals surface area (Å²) in [6, 6.07) is 13.5. The fourth-order valence-electron chi connectivity index (χ4n) is 6.54. The van der Waals surface area contributed by atoms with Crippen LogP contribution >= 0.6 is 0 Å². The highest BCUT2D eigenvalue weighted by atomic mass is 19.1. The number of hydrogen-bond donors (Lipinski definition) is 1. The van der Waals surface area contributed by atoms with E-state index in [1.807, 2.05) is 24.3 Å². The van der Waals surface area contributed by atoms with Gasteiger partial charge in [-0.25, -0.2) is 9.37 Å². The van der Waals surface area contributed by atoms with E-state index < -0.39 is 18.0 Å². The summed E-state index contributed by atoms with van der Waals surface area (Å²) in [7, 11) is 1.58. The summed E-state index contributed by atoms with van der Waals surface area (Å²) in [4.78, 5) is 18.5. The first-order valence-corrected chi connectivity index (χ1v) is 14.5. The smallest absolute Gasteiger partial charge is 0.306 e. The molecule has 3 heterocycles. The molecule has 210 valence electrons. The highest BCUT2D eigenvalue weighted by Gasteiger charge is 2.39. The van der Waals surface area contributed by atoms with Gasteiger partial charge in [-0.1, -0.05) is 19.1 Å². The van der Waals surface area contributed by atoms with Crippen LogP contribution in [0, 0.1) is 17.7 Å². The van der Waals surface area contributed by atoms with Gasteiger partial charge in [0.1, 0.15) is 17.7 Å². The van der Waals surface area contributed by atoms with E-state index in [2.05, 4.69) is 22.0 Å². The van der Waals surface area contributed by atoms with Crippen LogP contribution in [0.5, 0.6) is 11.6 Å². The minimum atomic E-state index is -0.770. The van der Waals surface area contributed by atoms with Crippen molar-refractivity contribution in [1.82, 2.24) is 9.88 Å². The maximum atomic E-state index is 15.9. The Morgan fingerprint density at radius 1 is 1.15 bits per heavy atom. The number of fused-ring (bicyclic) bond motifs is 1. The Morgan fingerprint density at radius 3 is 2.67 bits per heavy atom. The summed E-state index contributed by atoms with van der Waals surface area (Å²) in [5, 5.41) is 9.73. The van der Waals surface area contributed by atoms with Gasteiger partial charge < -0.3 is 14.6 Å². The van der Waals surface area contributed by atoms with Crippen LogP contribution in [0.4, 0.5) is 4.39 Å². The van der Waals surface area contributed by atoms with Crippen molar-refractivity contribution in [2.75, 3.05) is 20.2 Å². The van der Waals surface area contributed by atoms with Gasteiger partial charge in [-0.2, -0.15) is 0 Å². The fraction of sp³-hybridized carbons (Fsp3) is 0.455. The molecule has 1 aliphatic carbocycles. The van der Waals surface area contributed by atoms with Crippen molar-refractivity contribution in [3.63, 3.8) is 0 Å². The largest absolute Gasteiger partial charge is 0.485 e. The van der Waals surface area contributed by atoms with Gasteiger partial charge in [-0.05, 0) is 116 Å². The first kappa shape index (κ1) is 26.8. The molecule has 0 amide bonds. The van der Waals surface area contributed by atoms with E-state index in [0.717, 1.165) is 72.5 Å². The molecule has 3 atom stereocenters. The summed E-state index contributed by atoms with van der Waals surface area (Å²) >= 11 is 0. The van der Waals surface area contributed by atoms with E-state index in [0.29, 0.717) is 23.8 Å². The van der Waals surface area contributed by atoms with Gasteiger partial charge in [0.05, 0.1) is 13.0 Å². The van der Waals surface area contributed by atoms with E-state index in [1.54, 1.807) is 26.3 Å². The molecule has 0 bridgehead atoms. The zero-order valence-corrected chi connectivity index (χ0v) is 23.2. The van der Waals surface area contributed by atoms with E-state index in [1.165, 1.54) is 12.8 Å². The number of benzene rings is 2. The first-order valence-electron chi connectivity index (χ1n) is 14.5. The molecule has 6 rings (SSSR count). The average molecular weight is 545 g/mol. The summed E-state index contributed by atoms with van der Waals surface area (Å²) in [6.07, 6.45) is 7.24. The number of hydrogen-bond acceptors (Lipinski definition) is 5. The van der Waals surface area contributed by atoms with E-state index in [9.17, 15) is 9.90 Å². The number of rotatable bonds is 9. The summed E-state index contributed by atoms with van der Waals surface area (Å²) in [5.74, 6) is 0.0960. The van der Waals surface area contributed by atoms with Crippen LogP contribution in [0.15, 0.2) is 48.7 Å². The third kappa shape index (κ3) is 5.44. The first-order chi connectivity index (χ1) is 19.4. The van der Waals surface area contributed by atoms with Crippen molar-refractivity contribution in [2.45, 2.75) is 64.0 Å². The van der Waals surface area contributed by atoms with Crippen molar-refractivity contribution >= 4 is 5.97 Å². The van der Waals surface area contributed by atoms with Gasteiger partial charge in [0.15, 0.2) is 0 Å². The van der Waals surface area contributed by atoms with E-state index in [-0.39, 0.29) is 11.7 Å². The lowest BCUT2D eigenvalue weighted by Gasteiger charge is -2.30. The van der Waals surface area contributed by atoms with Crippen molar-refractivity contribution in [2.24, 2.45) is 11.8 Å². The fourth-order valence-corrected chi connectivity index (χ4v) is 6.54. The third-order valence-corrected chi connectivity index (χ3v) is 8.90. The molecular formula is C33H37FN2O4. The second-order valence-electron chi connectivity index (χ2n) is 11.6. The highest BCUT2D eigenvalue weighted by Crippen LogP contribution is 2.48. The minimum absolute atomic E-state index is 0.0350. The van der Waals surface area contributed by atoms with Crippen LogP contribution in [-0.2, 0) is 17.8 Å². The molecule has 2 aromatic carbocycles. The molecule has 1 saturated carbocycles. The van der Waals surface area contributed by atoms with Crippen LogP contribution in [0.2, 0.25) is 0 Å². The zero-order valence-electron chi connectivity index (χ0n) is 23.2.